The Hall–Kier alpha value is -2.46. The van der Waals surface area contributed by atoms with E-state index in [0.717, 1.165) is 17.4 Å². The zero-order valence-corrected chi connectivity index (χ0v) is 14.9. The lowest BCUT2D eigenvalue weighted by Crippen LogP contribution is -2.07. The van der Waals surface area contributed by atoms with Crippen LogP contribution in [0.2, 0.25) is 5.02 Å². The Bertz CT molecular complexity index is 1010. The van der Waals surface area contributed by atoms with Crippen molar-refractivity contribution >= 4 is 50.8 Å². The van der Waals surface area contributed by atoms with E-state index in [1.54, 1.807) is 6.92 Å². The smallest absolute Gasteiger partial charge is 0.417 e. The molecule has 0 aliphatic rings. The minimum atomic E-state index is -4.54. The Balaban J connectivity index is 2.04. The van der Waals surface area contributed by atoms with E-state index < -0.39 is 17.7 Å². The Labute approximate surface area is 154 Å². The number of aryl methyl sites for hydroxylation is 1. The number of fused-ring (bicyclic) bond motifs is 1. The van der Waals surface area contributed by atoms with Crippen LogP contribution in [-0.4, -0.2) is 28.0 Å². The van der Waals surface area contributed by atoms with Gasteiger partial charge in [-0.15, -0.1) is 11.3 Å². The van der Waals surface area contributed by atoms with Crippen molar-refractivity contribution in [2.45, 2.75) is 13.1 Å². The molecule has 136 valence electrons. The van der Waals surface area contributed by atoms with Crippen LogP contribution in [0.1, 0.15) is 20.8 Å². The van der Waals surface area contributed by atoms with Gasteiger partial charge in [0.1, 0.15) is 27.7 Å². The predicted octanol–water partition coefficient (Wildman–Crippen LogP) is 4.60. The van der Waals surface area contributed by atoms with Crippen molar-refractivity contribution in [3.05, 3.63) is 39.6 Å². The fourth-order valence-corrected chi connectivity index (χ4v) is 3.53. The maximum Gasteiger partial charge on any atom is 0.417 e. The third-order valence-electron chi connectivity index (χ3n) is 3.50. The molecule has 0 radical (unpaired) electrons. The van der Waals surface area contributed by atoms with Crippen LogP contribution in [-0.2, 0) is 10.9 Å². The number of nitrogens with zero attached hydrogens (tertiary/aromatic N) is 3. The molecule has 0 saturated carbocycles. The van der Waals surface area contributed by atoms with Crippen molar-refractivity contribution in [3.63, 3.8) is 0 Å². The monoisotopic (exact) mass is 402 g/mol. The summed E-state index contributed by atoms with van der Waals surface area (Å²) in [4.78, 5) is 24.6. The number of carbonyl (C=O) groups excluding carboxylic acids is 1. The number of halogens is 4. The van der Waals surface area contributed by atoms with Gasteiger partial charge in [-0.2, -0.15) is 13.2 Å². The number of carbonyl (C=O) groups is 1. The van der Waals surface area contributed by atoms with Crippen LogP contribution in [0.15, 0.2) is 18.6 Å². The normalized spacial score (nSPS) is 11.6. The largest absolute Gasteiger partial charge is 0.465 e. The number of pyridine rings is 1. The fourth-order valence-electron chi connectivity index (χ4n) is 2.25. The molecular formula is C15H10ClF3N4O2S. The summed E-state index contributed by atoms with van der Waals surface area (Å²) in [5, 5.41) is 3.12. The second-order valence-corrected chi connectivity index (χ2v) is 6.53. The van der Waals surface area contributed by atoms with E-state index in [-0.39, 0.29) is 16.7 Å². The third kappa shape index (κ3) is 3.29. The van der Waals surface area contributed by atoms with Crippen molar-refractivity contribution in [1.82, 2.24) is 15.0 Å². The molecule has 0 saturated heterocycles. The van der Waals surface area contributed by atoms with Crippen LogP contribution in [0.5, 0.6) is 0 Å². The number of esters is 1. The molecular weight excluding hydrogens is 393 g/mol. The highest BCUT2D eigenvalue weighted by Crippen LogP contribution is 2.37. The van der Waals surface area contributed by atoms with Crippen molar-refractivity contribution in [1.29, 1.82) is 0 Å². The molecule has 3 rings (SSSR count). The van der Waals surface area contributed by atoms with Gasteiger partial charge in [0.15, 0.2) is 0 Å². The van der Waals surface area contributed by atoms with Crippen LogP contribution in [0.4, 0.5) is 24.8 Å². The number of hydrogen-bond acceptors (Lipinski definition) is 7. The van der Waals surface area contributed by atoms with Gasteiger partial charge in [-0.1, -0.05) is 11.6 Å². The van der Waals surface area contributed by atoms with Crippen molar-refractivity contribution in [2.24, 2.45) is 0 Å². The van der Waals surface area contributed by atoms with Gasteiger partial charge in [0, 0.05) is 6.20 Å². The molecule has 3 heterocycles. The third-order valence-corrected chi connectivity index (χ3v) is 4.97. The van der Waals surface area contributed by atoms with E-state index in [1.165, 1.54) is 13.4 Å². The van der Waals surface area contributed by atoms with E-state index >= 15 is 0 Å². The number of ether oxygens (including phenoxy) is 1. The van der Waals surface area contributed by atoms with Gasteiger partial charge in [-0.25, -0.2) is 19.7 Å². The van der Waals surface area contributed by atoms with Crippen molar-refractivity contribution in [2.75, 3.05) is 12.4 Å². The number of thiophene rings is 1. The minimum Gasteiger partial charge on any atom is -0.465 e. The summed E-state index contributed by atoms with van der Waals surface area (Å²) < 4.78 is 42.9. The quantitative estimate of drug-likeness (QED) is 0.645. The van der Waals surface area contributed by atoms with Gasteiger partial charge in [0.05, 0.1) is 23.1 Å². The second-order valence-electron chi connectivity index (χ2n) is 5.13. The molecule has 0 amide bonds. The molecule has 26 heavy (non-hydrogen) atoms. The fraction of sp³-hybridized carbons (Fsp3) is 0.200. The Morgan fingerprint density at radius 2 is 2.00 bits per heavy atom. The van der Waals surface area contributed by atoms with Crippen LogP contribution >= 0.6 is 22.9 Å². The first kappa shape index (κ1) is 18.3. The first-order valence-electron chi connectivity index (χ1n) is 7.04. The van der Waals surface area contributed by atoms with Crippen LogP contribution in [0, 0.1) is 6.92 Å². The van der Waals surface area contributed by atoms with Crippen LogP contribution < -0.4 is 5.32 Å². The zero-order valence-electron chi connectivity index (χ0n) is 13.3. The Morgan fingerprint density at radius 3 is 2.62 bits per heavy atom. The van der Waals surface area contributed by atoms with Gasteiger partial charge in [0.2, 0.25) is 0 Å². The number of nitrogens with one attached hydrogen (secondary N) is 1. The molecule has 0 aliphatic heterocycles. The molecule has 1 N–H and O–H groups in total. The number of hydrogen-bond donors (Lipinski definition) is 1. The van der Waals surface area contributed by atoms with Gasteiger partial charge >= 0.3 is 12.1 Å². The topological polar surface area (TPSA) is 77.0 Å². The Kier molecular flexibility index (Phi) is 4.72. The average molecular weight is 403 g/mol. The molecule has 0 aliphatic carbocycles. The molecule has 11 heteroatoms. The van der Waals surface area contributed by atoms with E-state index in [9.17, 15) is 18.0 Å². The standard InChI is InChI=1S/C15H10ClF3N4O2S/c1-6-9-12(21-5-22-13(9)26-10(6)14(24)25-2)23-11-8(16)3-7(4-20-11)15(17,18)19/h3-5H,1-2H3,(H,20,21,22,23). The summed E-state index contributed by atoms with van der Waals surface area (Å²) in [5.74, 6) is -0.236. The molecule has 3 aromatic heterocycles. The number of alkyl halides is 3. The molecule has 0 spiro atoms. The summed E-state index contributed by atoms with van der Waals surface area (Å²) >= 11 is 7.04. The highest BCUT2D eigenvalue weighted by atomic mass is 35.5. The lowest BCUT2D eigenvalue weighted by molar-refractivity contribution is -0.137. The average Bonchev–Trinajstić information content (AvgIpc) is 2.93. The maximum absolute atomic E-state index is 12.7. The lowest BCUT2D eigenvalue weighted by atomic mass is 10.2. The highest BCUT2D eigenvalue weighted by molar-refractivity contribution is 7.20. The molecule has 0 atom stereocenters. The summed E-state index contributed by atoms with van der Waals surface area (Å²) in [5.41, 5.74) is -0.372. The summed E-state index contributed by atoms with van der Waals surface area (Å²) in [6.45, 7) is 1.70. The zero-order chi connectivity index (χ0) is 19.1. The summed E-state index contributed by atoms with van der Waals surface area (Å²) in [6.07, 6.45) is -2.61. The van der Waals surface area contributed by atoms with Crippen molar-refractivity contribution in [3.8, 4) is 0 Å². The highest BCUT2D eigenvalue weighted by Gasteiger charge is 2.31. The van der Waals surface area contributed by atoms with Gasteiger partial charge in [-0.3, -0.25) is 0 Å². The molecule has 3 aromatic rings. The number of methoxy groups -OCH3 is 1. The number of aromatic nitrogens is 3. The molecule has 6 nitrogen and oxygen atoms in total. The summed E-state index contributed by atoms with van der Waals surface area (Å²) in [7, 11) is 1.27. The second kappa shape index (κ2) is 6.69. The van der Waals surface area contributed by atoms with Gasteiger partial charge < -0.3 is 10.1 Å². The van der Waals surface area contributed by atoms with E-state index in [2.05, 4.69) is 20.3 Å². The molecule has 0 aromatic carbocycles. The number of rotatable bonds is 3. The first-order chi connectivity index (χ1) is 12.2. The maximum atomic E-state index is 12.7. The molecule has 0 bridgehead atoms. The van der Waals surface area contributed by atoms with E-state index in [1.807, 2.05) is 0 Å². The van der Waals surface area contributed by atoms with Crippen LogP contribution in [0.25, 0.3) is 10.2 Å². The number of anilines is 2. The lowest BCUT2D eigenvalue weighted by Gasteiger charge is -2.11. The SMILES string of the molecule is COC(=O)c1sc2ncnc(Nc3ncc(C(F)(F)F)cc3Cl)c2c1C. The van der Waals surface area contributed by atoms with Crippen LogP contribution in [0.3, 0.4) is 0 Å². The molecule has 0 fully saturated rings. The summed E-state index contributed by atoms with van der Waals surface area (Å²) in [6, 6.07) is 0.773. The first-order valence-corrected chi connectivity index (χ1v) is 8.24. The Morgan fingerprint density at radius 1 is 1.27 bits per heavy atom. The van der Waals surface area contributed by atoms with Gasteiger partial charge in [-0.05, 0) is 18.6 Å². The van der Waals surface area contributed by atoms with Gasteiger partial charge in [0.25, 0.3) is 0 Å². The predicted molar refractivity (Wildman–Crippen MR) is 91.0 cm³/mol. The van der Waals surface area contributed by atoms with E-state index in [0.29, 0.717) is 26.9 Å². The minimum absolute atomic E-state index is 0.00452. The van der Waals surface area contributed by atoms with E-state index in [4.69, 9.17) is 16.3 Å². The molecule has 0 unspecified atom stereocenters. The van der Waals surface area contributed by atoms with Crippen molar-refractivity contribution < 1.29 is 22.7 Å².